The third-order valence-corrected chi connectivity index (χ3v) is 6.83. The fourth-order valence-corrected chi connectivity index (χ4v) is 5.14. The number of fused-ring (bicyclic) bond motifs is 2. The van der Waals surface area contributed by atoms with Crippen LogP contribution in [0.5, 0.6) is 0 Å². The number of nitrogens with zero attached hydrogens (tertiary/aromatic N) is 1. The van der Waals surface area contributed by atoms with Gasteiger partial charge in [0.05, 0.1) is 18.4 Å². The largest absolute Gasteiger partial charge is 0.464 e. The van der Waals surface area contributed by atoms with Gasteiger partial charge in [-0.05, 0) is 62.8 Å². The van der Waals surface area contributed by atoms with E-state index in [2.05, 4.69) is 21.9 Å². The minimum atomic E-state index is -0.233. The Balaban J connectivity index is 1.27. The van der Waals surface area contributed by atoms with E-state index in [1.165, 1.54) is 0 Å². The first-order chi connectivity index (χ1) is 17.9. The second-order valence-electron chi connectivity index (χ2n) is 9.69. The van der Waals surface area contributed by atoms with Gasteiger partial charge in [0, 0.05) is 35.0 Å². The summed E-state index contributed by atoms with van der Waals surface area (Å²) in [6, 6.07) is 14.1. The van der Waals surface area contributed by atoms with E-state index in [1.54, 1.807) is 6.26 Å². The quantitative estimate of drug-likeness (QED) is 0.338. The van der Waals surface area contributed by atoms with E-state index >= 15 is 0 Å². The van der Waals surface area contributed by atoms with Crippen LogP contribution in [0.1, 0.15) is 62.5 Å². The Morgan fingerprint density at radius 3 is 2.68 bits per heavy atom. The number of rotatable bonds is 7. The summed E-state index contributed by atoms with van der Waals surface area (Å²) >= 11 is 0. The number of aryl methyl sites for hydroxylation is 3. The fraction of sp³-hybridized carbons (Fsp3) is 0.300. The van der Waals surface area contributed by atoms with Gasteiger partial charge < -0.3 is 14.2 Å². The summed E-state index contributed by atoms with van der Waals surface area (Å²) < 4.78 is 11.7. The second-order valence-corrected chi connectivity index (χ2v) is 9.69. The average molecular weight is 498 g/mol. The molecule has 2 amide bonds. The molecular formula is C30H31N3O4. The van der Waals surface area contributed by atoms with Gasteiger partial charge in [-0.25, -0.2) is 5.43 Å². The molecule has 0 saturated carbocycles. The van der Waals surface area contributed by atoms with Gasteiger partial charge in [0.25, 0.3) is 5.91 Å². The molecule has 1 aliphatic rings. The van der Waals surface area contributed by atoms with E-state index in [9.17, 15) is 9.59 Å². The van der Waals surface area contributed by atoms with Crippen molar-refractivity contribution in [2.24, 2.45) is 5.10 Å². The molecule has 0 radical (unpaired) electrons. The molecule has 2 aromatic heterocycles. The Morgan fingerprint density at radius 2 is 1.86 bits per heavy atom. The first-order valence-corrected chi connectivity index (χ1v) is 12.7. The van der Waals surface area contributed by atoms with Gasteiger partial charge in [0.2, 0.25) is 5.91 Å². The zero-order chi connectivity index (χ0) is 25.9. The van der Waals surface area contributed by atoms with Gasteiger partial charge in [0.1, 0.15) is 11.3 Å². The summed E-state index contributed by atoms with van der Waals surface area (Å²) in [6.07, 6.45) is 4.84. The molecule has 0 aliphatic heterocycles. The molecule has 0 unspecified atom stereocenters. The lowest BCUT2D eigenvalue weighted by atomic mass is 9.93. The van der Waals surface area contributed by atoms with Crippen LogP contribution in [0.4, 0.5) is 0 Å². The number of hydrogen-bond acceptors (Lipinski definition) is 5. The summed E-state index contributed by atoms with van der Waals surface area (Å²) in [7, 11) is 0. The molecule has 37 heavy (non-hydrogen) atoms. The summed E-state index contributed by atoms with van der Waals surface area (Å²) in [6.45, 7) is 6.44. The number of hydrazone groups is 1. The van der Waals surface area contributed by atoms with Crippen molar-refractivity contribution >= 4 is 28.5 Å². The van der Waals surface area contributed by atoms with Crippen LogP contribution in [0.25, 0.3) is 11.0 Å². The fourth-order valence-electron chi connectivity index (χ4n) is 5.14. The summed E-state index contributed by atoms with van der Waals surface area (Å²) in [5.74, 6) is 0.609. The average Bonchev–Trinajstić information content (AvgIpc) is 3.44. The first kappa shape index (κ1) is 24.6. The van der Waals surface area contributed by atoms with E-state index in [4.69, 9.17) is 8.83 Å². The zero-order valence-electron chi connectivity index (χ0n) is 21.4. The van der Waals surface area contributed by atoms with Gasteiger partial charge in [-0.2, -0.15) is 5.10 Å². The summed E-state index contributed by atoms with van der Waals surface area (Å²) in [5.41, 5.74) is 10.0. The normalized spacial score (nSPS) is 14.1. The molecule has 0 atom stereocenters. The lowest BCUT2D eigenvalue weighted by Crippen LogP contribution is -2.26. The third-order valence-electron chi connectivity index (χ3n) is 6.83. The van der Waals surface area contributed by atoms with Gasteiger partial charge in [-0.1, -0.05) is 36.4 Å². The Labute approximate surface area is 215 Å². The maximum absolute atomic E-state index is 12.9. The number of carbonyl (C=O) groups is 2. The van der Waals surface area contributed by atoms with Crippen molar-refractivity contribution in [2.75, 3.05) is 6.54 Å². The maximum atomic E-state index is 12.9. The molecule has 0 spiro atoms. The highest BCUT2D eigenvalue weighted by Gasteiger charge is 2.28. The predicted octanol–water partition coefficient (Wildman–Crippen LogP) is 5.32. The highest BCUT2D eigenvalue weighted by Crippen LogP contribution is 2.30. The smallest absolute Gasteiger partial charge is 0.287 e. The molecule has 7 heteroatoms. The predicted molar refractivity (Wildman–Crippen MR) is 143 cm³/mol. The van der Waals surface area contributed by atoms with Crippen LogP contribution in [-0.4, -0.2) is 24.1 Å². The minimum absolute atomic E-state index is 0.167. The van der Waals surface area contributed by atoms with Crippen LogP contribution in [0.2, 0.25) is 0 Å². The summed E-state index contributed by atoms with van der Waals surface area (Å²) in [5, 5.41) is 8.38. The number of hydrogen-bond donors (Lipinski definition) is 2. The highest BCUT2D eigenvalue weighted by atomic mass is 16.4. The monoisotopic (exact) mass is 497 g/mol. The molecule has 2 N–H and O–H groups in total. The molecule has 1 aliphatic carbocycles. The van der Waals surface area contributed by atoms with Crippen LogP contribution in [-0.2, 0) is 24.1 Å². The molecule has 0 saturated heterocycles. The van der Waals surface area contributed by atoms with Gasteiger partial charge in [-0.15, -0.1) is 0 Å². The Hall–Kier alpha value is -4.13. The van der Waals surface area contributed by atoms with Gasteiger partial charge in [0.15, 0.2) is 5.76 Å². The first-order valence-electron chi connectivity index (χ1n) is 12.7. The maximum Gasteiger partial charge on any atom is 0.287 e. The van der Waals surface area contributed by atoms with E-state index in [1.807, 2.05) is 57.2 Å². The molecule has 0 fully saturated rings. The molecule has 2 aromatic carbocycles. The van der Waals surface area contributed by atoms with E-state index < -0.39 is 0 Å². The zero-order valence-corrected chi connectivity index (χ0v) is 21.4. The number of carbonyl (C=O) groups excluding carboxylic acids is 2. The molecular weight excluding hydrogens is 466 g/mol. The second kappa shape index (κ2) is 10.5. The van der Waals surface area contributed by atoms with Crippen LogP contribution in [0, 0.1) is 20.8 Å². The van der Waals surface area contributed by atoms with Crippen molar-refractivity contribution in [1.29, 1.82) is 0 Å². The lowest BCUT2D eigenvalue weighted by molar-refractivity contribution is -0.120. The van der Waals surface area contributed by atoms with Gasteiger partial charge >= 0.3 is 0 Å². The van der Waals surface area contributed by atoms with Crippen molar-refractivity contribution < 1.29 is 18.4 Å². The SMILES string of the molecule is Cc1cc(C)c2c(CC(=O)N/N=C3\CCCc4oc(C(=O)NCCc5ccccc5)c(C)c43)coc2c1. The van der Waals surface area contributed by atoms with Crippen molar-refractivity contribution in [3.8, 4) is 0 Å². The Bertz CT molecular complexity index is 1490. The summed E-state index contributed by atoms with van der Waals surface area (Å²) in [4.78, 5) is 25.6. The molecule has 5 rings (SSSR count). The molecule has 4 aromatic rings. The van der Waals surface area contributed by atoms with Crippen molar-refractivity contribution in [1.82, 2.24) is 10.7 Å². The topological polar surface area (TPSA) is 96.8 Å². The van der Waals surface area contributed by atoms with E-state index in [0.29, 0.717) is 18.7 Å². The van der Waals surface area contributed by atoms with Crippen molar-refractivity contribution in [2.45, 2.75) is 52.9 Å². The molecule has 190 valence electrons. The van der Waals surface area contributed by atoms with Crippen LogP contribution in [0.3, 0.4) is 0 Å². The minimum Gasteiger partial charge on any atom is -0.464 e. The third kappa shape index (κ3) is 5.21. The number of nitrogens with one attached hydrogen (secondary N) is 2. The van der Waals surface area contributed by atoms with E-state index in [-0.39, 0.29) is 18.2 Å². The number of benzene rings is 2. The van der Waals surface area contributed by atoms with Crippen LogP contribution >= 0.6 is 0 Å². The van der Waals surface area contributed by atoms with E-state index in [0.717, 1.165) is 75.1 Å². The molecule has 7 nitrogen and oxygen atoms in total. The standard InChI is InChI=1S/C30H31N3O4/c1-18-14-19(2)27-22(17-36-25(27)15-18)16-26(34)33-32-23-10-7-11-24-28(23)20(3)29(37-24)30(35)31-13-12-21-8-5-4-6-9-21/h4-6,8-9,14-15,17H,7,10-13,16H2,1-3H3,(H,31,35)(H,33,34)/b32-23+. The Kier molecular flexibility index (Phi) is 6.95. The molecule has 2 heterocycles. The van der Waals surface area contributed by atoms with Crippen molar-refractivity contribution in [3.63, 3.8) is 0 Å². The van der Waals surface area contributed by atoms with Crippen LogP contribution < -0.4 is 10.7 Å². The Morgan fingerprint density at radius 1 is 1.05 bits per heavy atom. The highest BCUT2D eigenvalue weighted by molar-refractivity contribution is 6.06. The van der Waals surface area contributed by atoms with Gasteiger partial charge in [-0.3, -0.25) is 9.59 Å². The lowest BCUT2D eigenvalue weighted by Gasteiger charge is -2.13. The van der Waals surface area contributed by atoms with Crippen molar-refractivity contribution in [3.05, 3.63) is 93.6 Å². The number of amides is 2. The number of furan rings is 2. The molecule has 0 bridgehead atoms. The van der Waals surface area contributed by atoms with Crippen LogP contribution in [0.15, 0.2) is 62.7 Å².